The summed E-state index contributed by atoms with van der Waals surface area (Å²) < 4.78 is 60.2. The number of aromatic hydroxyl groups is 1. The zero-order valence-corrected chi connectivity index (χ0v) is 28.6. The predicted molar refractivity (Wildman–Crippen MR) is 191 cm³/mol. The lowest BCUT2D eigenvalue weighted by atomic mass is 10.1. The molecule has 2 unspecified atom stereocenters. The Balaban J connectivity index is 1.10. The van der Waals surface area contributed by atoms with Gasteiger partial charge in [0.1, 0.15) is 41.9 Å². The molecule has 274 valence electrons. The first-order valence-corrected chi connectivity index (χ1v) is 16.7. The number of benzene rings is 4. The number of rotatable bonds is 15. The number of aliphatic hydroxyl groups excluding tert-OH is 1. The number of amides is 1. The van der Waals surface area contributed by atoms with Crippen molar-refractivity contribution < 1.29 is 42.1 Å². The van der Waals surface area contributed by atoms with E-state index in [1.54, 1.807) is 43.3 Å². The Morgan fingerprint density at radius 2 is 1.55 bits per heavy atom. The molecule has 0 radical (unpaired) electrons. The summed E-state index contributed by atoms with van der Waals surface area (Å²) in [4.78, 5) is 17.5. The highest BCUT2D eigenvalue weighted by molar-refractivity contribution is 5.95. The zero-order chi connectivity index (χ0) is 37.5. The van der Waals surface area contributed by atoms with Crippen molar-refractivity contribution in [1.29, 1.82) is 0 Å². The van der Waals surface area contributed by atoms with Crippen molar-refractivity contribution in [2.24, 2.45) is 5.73 Å². The van der Waals surface area contributed by atoms with E-state index in [9.17, 15) is 28.2 Å². The SMILES string of the molecule is CC(Oc1ccc(O)c(C(N)=O)c1)N(Cc1ccccc1)CC(O)COc1ccc(-c2ccc(-c3nc(C(F)(F)F)cn3Cc3ccccc3)o2)cc1. The molecule has 0 aliphatic heterocycles. The number of phenols is 1. The molecule has 0 aliphatic carbocycles. The van der Waals surface area contributed by atoms with E-state index in [0.29, 0.717) is 29.4 Å². The second-order valence-electron chi connectivity index (χ2n) is 12.4. The molecule has 2 heterocycles. The minimum atomic E-state index is -4.62. The summed E-state index contributed by atoms with van der Waals surface area (Å²) in [5.41, 5.74) is 6.76. The highest BCUT2D eigenvalue weighted by Gasteiger charge is 2.35. The molecule has 6 rings (SSSR count). The summed E-state index contributed by atoms with van der Waals surface area (Å²) in [7, 11) is 0. The van der Waals surface area contributed by atoms with Crippen molar-refractivity contribution in [3.63, 3.8) is 0 Å². The zero-order valence-electron chi connectivity index (χ0n) is 28.6. The normalized spacial score (nSPS) is 12.8. The van der Waals surface area contributed by atoms with Crippen LogP contribution in [0, 0.1) is 0 Å². The molecule has 1 amide bonds. The third kappa shape index (κ3) is 9.44. The van der Waals surface area contributed by atoms with Gasteiger partial charge in [0.15, 0.2) is 17.3 Å². The maximum absolute atomic E-state index is 13.6. The topological polar surface area (TPSA) is 136 Å². The van der Waals surface area contributed by atoms with Crippen molar-refractivity contribution in [2.45, 2.75) is 38.5 Å². The van der Waals surface area contributed by atoms with Crippen molar-refractivity contribution >= 4 is 5.91 Å². The number of carbonyl (C=O) groups is 1. The van der Waals surface area contributed by atoms with Crippen LogP contribution in [0.3, 0.4) is 0 Å². The van der Waals surface area contributed by atoms with Gasteiger partial charge in [-0.2, -0.15) is 13.2 Å². The average Bonchev–Trinajstić information content (AvgIpc) is 3.80. The second-order valence-corrected chi connectivity index (χ2v) is 12.4. The lowest BCUT2D eigenvalue weighted by Crippen LogP contribution is -2.43. The molecule has 0 fully saturated rings. The third-order valence-corrected chi connectivity index (χ3v) is 8.40. The van der Waals surface area contributed by atoms with E-state index in [1.165, 1.54) is 22.8 Å². The molecule has 4 N–H and O–H groups in total. The van der Waals surface area contributed by atoms with Gasteiger partial charge in [0.25, 0.3) is 5.91 Å². The van der Waals surface area contributed by atoms with Gasteiger partial charge in [0.05, 0.1) is 5.56 Å². The van der Waals surface area contributed by atoms with Crippen molar-refractivity contribution in [1.82, 2.24) is 14.5 Å². The number of halogens is 3. The van der Waals surface area contributed by atoms with E-state index in [4.69, 9.17) is 19.6 Å². The third-order valence-electron chi connectivity index (χ3n) is 8.40. The number of hydrogen-bond acceptors (Lipinski definition) is 8. The molecule has 0 saturated carbocycles. The van der Waals surface area contributed by atoms with E-state index >= 15 is 0 Å². The lowest BCUT2D eigenvalue weighted by Gasteiger charge is -2.31. The molecule has 0 aliphatic rings. The van der Waals surface area contributed by atoms with E-state index in [1.807, 2.05) is 65.6 Å². The Morgan fingerprint density at radius 1 is 0.906 bits per heavy atom. The van der Waals surface area contributed by atoms with Crippen LogP contribution in [0.25, 0.3) is 22.9 Å². The predicted octanol–water partition coefficient (Wildman–Crippen LogP) is 7.35. The number of aliphatic hydroxyl groups is 1. The smallest absolute Gasteiger partial charge is 0.434 e. The average molecular weight is 727 g/mol. The fourth-order valence-corrected chi connectivity index (χ4v) is 5.71. The number of carbonyl (C=O) groups excluding carboxylic acids is 1. The Hall–Kier alpha value is -6.05. The first-order valence-electron chi connectivity index (χ1n) is 16.7. The van der Waals surface area contributed by atoms with Gasteiger partial charge < -0.3 is 34.4 Å². The Bertz CT molecular complexity index is 2120. The summed E-state index contributed by atoms with van der Waals surface area (Å²) in [5.74, 6) is 0.430. The van der Waals surface area contributed by atoms with Gasteiger partial charge >= 0.3 is 6.18 Å². The molecular weight excluding hydrogens is 689 g/mol. The van der Waals surface area contributed by atoms with Crippen molar-refractivity contribution in [3.8, 4) is 40.2 Å². The number of ether oxygens (including phenoxy) is 2. The monoisotopic (exact) mass is 726 g/mol. The van der Waals surface area contributed by atoms with Crippen molar-refractivity contribution in [3.05, 3.63) is 144 Å². The van der Waals surface area contributed by atoms with E-state index in [0.717, 1.165) is 17.3 Å². The maximum atomic E-state index is 13.6. The number of hydrogen-bond donors (Lipinski definition) is 3. The fraction of sp³-hybridized carbons (Fsp3) is 0.200. The van der Waals surface area contributed by atoms with Gasteiger partial charge in [-0.3, -0.25) is 9.69 Å². The molecule has 53 heavy (non-hydrogen) atoms. The quantitative estimate of drug-likeness (QED) is 0.0936. The van der Waals surface area contributed by atoms with Gasteiger partial charge in [-0.1, -0.05) is 60.7 Å². The number of aromatic nitrogens is 2. The van der Waals surface area contributed by atoms with Gasteiger partial charge in [0.2, 0.25) is 0 Å². The van der Waals surface area contributed by atoms with Gasteiger partial charge in [0, 0.05) is 31.4 Å². The largest absolute Gasteiger partial charge is 0.507 e. The molecule has 0 spiro atoms. The molecule has 13 heteroatoms. The molecular formula is C40H37F3N4O6. The second kappa shape index (κ2) is 16.1. The molecule has 6 aromatic rings. The number of imidazole rings is 1. The first kappa shape index (κ1) is 36.7. The van der Waals surface area contributed by atoms with Crippen LogP contribution in [0.5, 0.6) is 17.2 Å². The van der Waals surface area contributed by atoms with Crippen LogP contribution in [0.2, 0.25) is 0 Å². The highest BCUT2D eigenvalue weighted by atomic mass is 19.4. The summed E-state index contributed by atoms with van der Waals surface area (Å²) in [6.45, 7) is 2.54. The van der Waals surface area contributed by atoms with Crippen molar-refractivity contribution in [2.75, 3.05) is 13.2 Å². The molecule has 2 aromatic heterocycles. The van der Waals surface area contributed by atoms with E-state index in [2.05, 4.69) is 4.98 Å². The lowest BCUT2D eigenvalue weighted by molar-refractivity contribution is -0.140. The number of furan rings is 1. The number of nitrogens with two attached hydrogens (primary N) is 1. The molecule has 2 atom stereocenters. The number of primary amides is 1. The van der Waals surface area contributed by atoms with Crippen LogP contribution in [0.1, 0.15) is 34.1 Å². The Kier molecular flexibility index (Phi) is 11.2. The molecule has 4 aromatic carbocycles. The van der Waals surface area contributed by atoms with Crippen LogP contribution >= 0.6 is 0 Å². The standard InChI is InChI=1S/C40H37F3N4O6/c1-26(52-32-16-17-34(49)33(20-32)38(44)50)46(21-27-8-4-2-5-9-27)23-30(48)25-51-31-14-12-29(13-15-31)35-18-19-36(53-35)39-45-37(40(41,42)43)24-47(39)22-28-10-6-3-7-11-28/h2-20,24,26,30,48-49H,21-23,25H2,1H3,(H2,44,50). The molecule has 0 bridgehead atoms. The maximum Gasteiger partial charge on any atom is 0.434 e. The van der Waals surface area contributed by atoms with Gasteiger partial charge in [-0.15, -0.1) is 0 Å². The molecule has 0 saturated heterocycles. The van der Waals surface area contributed by atoms with Crippen LogP contribution in [-0.2, 0) is 19.3 Å². The van der Waals surface area contributed by atoms with Crippen LogP contribution in [-0.4, -0.2) is 56.1 Å². The summed E-state index contributed by atoms with van der Waals surface area (Å²) in [5, 5.41) is 21.0. The summed E-state index contributed by atoms with van der Waals surface area (Å²) in [6, 6.07) is 33.1. The Morgan fingerprint density at radius 3 is 2.21 bits per heavy atom. The Labute approximate surface area is 303 Å². The first-order chi connectivity index (χ1) is 25.4. The minimum Gasteiger partial charge on any atom is -0.507 e. The highest BCUT2D eigenvalue weighted by Crippen LogP contribution is 2.34. The minimum absolute atomic E-state index is 0.0428. The number of nitrogens with zero attached hydrogens (tertiary/aromatic N) is 3. The number of alkyl halides is 3. The van der Waals surface area contributed by atoms with Crippen LogP contribution in [0.4, 0.5) is 13.2 Å². The van der Waals surface area contributed by atoms with Crippen LogP contribution < -0.4 is 15.2 Å². The fourth-order valence-electron chi connectivity index (χ4n) is 5.71. The van der Waals surface area contributed by atoms with E-state index < -0.39 is 30.1 Å². The van der Waals surface area contributed by atoms with E-state index in [-0.39, 0.29) is 42.6 Å². The summed E-state index contributed by atoms with van der Waals surface area (Å²) >= 11 is 0. The van der Waals surface area contributed by atoms with Gasteiger partial charge in [-0.25, -0.2) is 4.98 Å². The van der Waals surface area contributed by atoms with Crippen LogP contribution in [0.15, 0.2) is 126 Å². The summed E-state index contributed by atoms with van der Waals surface area (Å²) in [6.07, 6.45) is -5.13. The van der Waals surface area contributed by atoms with Gasteiger partial charge in [-0.05, 0) is 72.6 Å². The molecule has 10 nitrogen and oxygen atoms in total.